The number of fused-ring (bicyclic) bond motifs is 4. The molecule has 1 N–H and O–H groups in total. The predicted octanol–water partition coefficient (Wildman–Crippen LogP) is -3.05. The van der Waals surface area contributed by atoms with Crippen molar-refractivity contribution < 1.29 is 21.2 Å². The third kappa shape index (κ3) is 1.59. The van der Waals surface area contributed by atoms with Gasteiger partial charge >= 0.3 is 105 Å². The van der Waals surface area contributed by atoms with Crippen molar-refractivity contribution in [3.05, 3.63) is 33.7 Å². The fourth-order valence-electron chi connectivity index (χ4n) is 2.30. The molecule has 2 atom stereocenters. The first kappa shape index (κ1) is 10.4. The van der Waals surface area contributed by atoms with Crippen molar-refractivity contribution in [1.29, 1.82) is 0 Å². The second-order valence-corrected chi connectivity index (χ2v) is 8.10. The van der Waals surface area contributed by atoms with E-state index in [0.29, 0.717) is 7.85 Å². The summed E-state index contributed by atoms with van der Waals surface area (Å²) in [5.41, 5.74) is 1.96. The number of terminal acetylenes is 1. The molecule has 0 saturated carbocycles. The summed E-state index contributed by atoms with van der Waals surface area (Å²) in [5.74, 6) is 2.57. The van der Waals surface area contributed by atoms with E-state index in [2.05, 4.69) is 11.2 Å². The minimum absolute atomic E-state index is 0.0751. The molecule has 0 spiro atoms. The molecule has 84 valence electrons. The van der Waals surface area contributed by atoms with Crippen LogP contribution < -0.4 is 32.1 Å². The first-order valence-electron chi connectivity index (χ1n) is 5.32. The number of aromatic nitrogens is 1. The average Bonchev–Trinajstić information content (AvgIpc) is 2.31. The van der Waals surface area contributed by atoms with Crippen LogP contribution in [0.5, 0.6) is 0 Å². The fourth-order valence-corrected chi connectivity index (χ4v) is 6.16. The molecule has 2 unspecified atom stereocenters. The summed E-state index contributed by atoms with van der Waals surface area (Å²) in [4.78, 5) is 11.9. The van der Waals surface area contributed by atoms with E-state index >= 15 is 0 Å². The van der Waals surface area contributed by atoms with E-state index in [9.17, 15) is 4.79 Å². The summed E-state index contributed by atoms with van der Waals surface area (Å²) in [5, 5.41) is 3.45. The number of halogens is 1. The molecule has 1 aromatic heterocycles. The number of nitrogens with zero attached hydrogens (tertiary/aromatic N) is 1. The molecule has 1 saturated heterocycles. The van der Waals surface area contributed by atoms with E-state index in [1.54, 1.807) is 6.07 Å². The quantitative estimate of drug-likeness (QED) is 0.312. The van der Waals surface area contributed by atoms with Gasteiger partial charge in [-0.3, -0.25) is 0 Å². The molecule has 2 aliphatic rings. The summed E-state index contributed by atoms with van der Waals surface area (Å²) in [6.07, 6.45) is 5.38. The molecule has 0 amide bonds. The van der Waals surface area contributed by atoms with Gasteiger partial charge < -0.3 is 0 Å². The van der Waals surface area contributed by atoms with Gasteiger partial charge in [0.1, 0.15) is 0 Å². The van der Waals surface area contributed by atoms with E-state index in [1.165, 1.54) is 0 Å². The van der Waals surface area contributed by atoms with Crippen molar-refractivity contribution in [2.45, 2.75) is 14.4 Å². The van der Waals surface area contributed by atoms with Gasteiger partial charge in [0, 0.05) is 0 Å². The molecule has 2 bridgehead atoms. The molecule has 1 fully saturated rings. The summed E-state index contributed by atoms with van der Waals surface area (Å²) in [6, 6.07) is 3.60. The SMILES string of the molecule is C#Cc1cc2n(c(=O)c1)CC1CNCC2[I-]1. The Morgan fingerprint density at radius 3 is 3.19 bits per heavy atom. The second-order valence-electron chi connectivity index (χ2n) is 4.11. The van der Waals surface area contributed by atoms with Gasteiger partial charge in [-0.1, -0.05) is 0 Å². The number of hydrogen-bond donors (Lipinski definition) is 1. The number of nitrogens with one attached hydrogen (secondary N) is 1. The molecular weight excluding hydrogens is 315 g/mol. The molecule has 4 heteroatoms. The van der Waals surface area contributed by atoms with Gasteiger partial charge in [0.25, 0.3) is 0 Å². The molecule has 1 aromatic rings. The normalized spacial score (nSPS) is 27.4. The number of alkyl halides is 2. The maximum absolute atomic E-state index is 11.9. The maximum atomic E-state index is 11.9. The fraction of sp³-hybridized carbons (Fsp3) is 0.417. The van der Waals surface area contributed by atoms with Crippen molar-refractivity contribution in [2.24, 2.45) is 0 Å². The van der Waals surface area contributed by atoms with Gasteiger partial charge in [0.05, 0.1) is 0 Å². The van der Waals surface area contributed by atoms with Crippen LogP contribution >= 0.6 is 0 Å². The van der Waals surface area contributed by atoms with Crippen molar-refractivity contribution in [3.8, 4) is 12.3 Å². The molecule has 2 aliphatic heterocycles. The average molecular weight is 327 g/mol. The van der Waals surface area contributed by atoms with Crippen LogP contribution in [0.2, 0.25) is 0 Å². The molecule has 0 radical (unpaired) electrons. The van der Waals surface area contributed by atoms with E-state index in [1.807, 2.05) is 10.6 Å². The summed E-state index contributed by atoms with van der Waals surface area (Å²) in [6.45, 7) is 2.97. The third-order valence-corrected chi connectivity index (χ3v) is 6.85. The number of rotatable bonds is 0. The molecule has 3 rings (SSSR count). The topological polar surface area (TPSA) is 34.0 Å². The van der Waals surface area contributed by atoms with Crippen LogP contribution in [0.25, 0.3) is 0 Å². The van der Waals surface area contributed by atoms with Gasteiger partial charge in [0.2, 0.25) is 0 Å². The van der Waals surface area contributed by atoms with Crippen LogP contribution in [0, 0.1) is 12.3 Å². The Labute approximate surface area is 105 Å². The zero-order valence-electron chi connectivity index (χ0n) is 8.74. The first-order chi connectivity index (χ1) is 7.78. The minimum atomic E-state index is 0.0751. The molecule has 3 heterocycles. The number of hydrogen-bond acceptors (Lipinski definition) is 2. The first-order valence-corrected chi connectivity index (χ1v) is 7.81. The third-order valence-electron chi connectivity index (χ3n) is 3.05. The van der Waals surface area contributed by atoms with Gasteiger partial charge in [-0.25, -0.2) is 0 Å². The van der Waals surface area contributed by atoms with Gasteiger partial charge in [-0.2, -0.15) is 0 Å². The molecule has 3 nitrogen and oxygen atoms in total. The Morgan fingerprint density at radius 1 is 1.50 bits per heavy atom. The van der Waals surface area contributed by atoms with Crippen molar-refractivity contribution in [3.63, 3.8) is 0 Å². The Morgan fingerprint density at radius 2 is 2.38 bits per heavy atom. The van der Waals surface area contributed by atoms with E-state index in [-0.39, 0.29) is 26.8 Å². The summed E-state index contributed by atoms with van der Waals surface area (Å²) in [7, 11) is 0. The van der Waals surface area contributed by atoms with Gasteiger partial charge in [0.15, 0.2) is 0 Å². The van der Waals surface area contributed by atoms with Crippen LogP contribution in [0.4, 0.5) is 0 Å². The number of pyridine rings is 1. The van der Waals surface area contributed by atoms with Crippen molar-refractivity contribution >= 4 is 0 Å². The van der Waals surface area contributed by atoms with Crippen LogP contribution in [0.1, 0.15) is 15.2 Å². The molecule has 16 heavy (non-hydrogen) atoms. The Bertz CT molecular complexity index is 529. The van der Waals surface area contributed by atoms with Gasteiger partial charge in [-0.15, -0.1) is 0 Å². The molecular formula is C12H12IN2O-. The van der Waals surface area contributed by atoms with Crippen LogP contribution in [-0.2, 0) is 6.54 Å². The standard InChI is InChI=1S/C12H12IN2O/c1-2-8-3-11-10-6-14-5-9(13-10)7-15(11)12(16)4-8/h1,3-4,9-10,14H,5-7H2/q-1. The van der Waals surface area contributed by atoms with Crippen molar-refractivity contribution in [1.82, 2.24) is 9.88 Å². The monoisotopic (exact) mass is 327 g/mol. The Hall–Kier alpha value is -0.800. The van der Waals surface area contributed by atoms with E-state index in [4.69, 9.17) is 6.42 Å². The zero-order chi connectivity index (χ0) is 11.1. The zero-order valence-corrected chi connectivity index (χ0v) is 10.9. The second kappa shape index (κ2) is 3.90. The Balaban J connectivity index is 2.17. The predicted molar refractivity (Wildman–Crippen MR) is 58.0 cm³/mol. The Kier molecular flexibility index (Phi) is 2.52. The van der Waals surface area contributed by atoms with E-state index in [0.717, 1.165) is 30.9 Å². The molecule has 0 aliphatic carbocycles. The van der Waals surface area contributed by atoms with Crippen LogP contribution in [0.3, 0.4) is 0 Å². The molecule has 0 aromatic carbocycles. The summed E-state index contributed by atoms with van der Waals surface area (Å²) >= 11 is 0.162. The van der Waals surface area contributed by atoms with E-state index < -0.39 is 0 Å². The van der Waals surface area contributed by atoms with Crippen LogP contribution in [0.15, 0.2) is 16.9 Å². The summed E-state index contributed by atoms with van der Waals surface area (Å²) < 4.78 is 3.20. The van der Waals surface area contributed by atoms with Crippen molar-refractivity contribution in [2.75, 3.05) is 13.1 Å². The van der Waals surface area contributed by atoms with Crippen LogP contribution in [-0.4, -0.2) is 21.6 Å². The van der Waals surface area contributed by atoms with Gasteiger partial charge in [-0.05, 0) is 0 Å².